The highest BCUT2D eigenvalue weighted by Gasteiger charge is 2.14. The Morgan fingerprint density at radius 2 is 2.11 bits per heavy atom. The van der Waals surface area contributed by atoms with Gasteiger partial charge in [0.25, 0.3) is 0 Å². The van der Waals surface area contributed by atoms with E-state index in [4.69, 9.17) is 14.7 Å². The number of carbonyl (C=O) groups excluding carboxylic acids is 1. The molecule has 0 saturated carbocycles. The van der Waals surface area contributed by atoms with E-state index in [9.17, 15) is 9.59 Å². The lowest BCUT2D eigenvalue weighted by Crippen LogP contribution is -2.30. The molecule has 7 heteroatoms. The maximum atomic E-state index is 11.5. The predicted octanol–water partition coefficient (Wildman–Crippen LogP) is 0.176. The van der Waals surface area contributed by atoms with Gasteiger partial charge in [0.15, 0.2) is 6.10 Å². The van der Waals surface area contributed by atoms with Crippen LogP contribution in [0, 0.1) is 13.8 Å². The number of nitrogens with one attached hydrogen (secondary N) is 1. The lowest BCUT2D eigenvalue weighted by molar-refractivity contribution is -0.147. The third-order valence-electron chi connectivity index (χ3n) is 2.81. The van der Waals surface area contributed by atoms with Gasteiger partial charge in [0.2, 0.25) is 5.91 Å². The molecular formula is C12H18N2O5. The summed E-state index contributed by atoms with van der Waals surface area (Å²) in [7, 11) is 0. The van der Waals surface area contributed by atoms with Crippen LogP contribution in [0.5, 0.6) is 0 Å². The standard InChI is InChI=1S/C12H18N2O5/c1-7-9(8(2)19-14-7)3-4-11(16)13-6-5-10(15)12(17)18/h10,15H,3-6H2,1-2H3,(H,13,16)(H,17,18)/t10-/m0/s1. The monoisotopic (exact) mass is 270 g/mol. The Kier molecular flexibility index (Phi) is 5.50. The van der Waals surface area contributed by atoms with E-state index in [1.165, 1.54) is 0 Å². The first-order chi connectivity index (χ1) is 8.91. The summed E-state index contributed by atoms with van der Waals surface area (Å²) in [5.74, 6) is -0.783. The third kappa shape index (κ3) is 4.70. The second-order valence-corrected chi connectivity index (χ2v) is 4.30. The van der Waals surface area contributed by atoms with E-state index in [1.807, 2.05) is 6.92 Å². The van der Waals surface area contributed by atoms with E-state index in [1.54, 1.807) is 6.92 Å². The fourth-order valence-electron chi connectivity index (χ4n) is 1.66. The summed E-state index contributed by atoms with van der Waals surface area (Å²) in [4.78, 5) is 21.9. The van der Waals surface area contributed by atoms with Gasteiger partial charge in [-0.15, -0.1) is 0 Å². The molecule has 19 heavy (non-hydrogen) atoms. The average Bonchev–Trinajstić information content (AvgIpc) is 2.66. The van der Waals surface area contributed by atoms with Gasteiger partial charge in [-0.05, 0) is 20.3 Å². The Morgan fingerprint density at radius 3 is 2.63 bits per heavy atom. The van der Waals surface area contributed by atoms with Gasteiger partial charge < -0.3 is 20.1 Å². The van der Waals surface area contributed by atoms with Crippen molar-refractivity contribution in [1.82, 2.24) is 10.5 Å². The molecule has 0 aliphatic carbocycles. The Labute approximate surface area is 110 Å². The summed E-state index contributed by atoms with van der Waals surface area (Å²) in [6, 6.07) is 0. The topological polar surface area (TPSA) is 113 Å². The molecule has 0 aromatic carbocycles. The maximum absolute atomic E-state index is 11.5. The van der Waals surface area contributed by atoms with Crippen molar-refractivity contribution >= 4 is 11.9 Å². The molecule has 0 spiro atoms. The number of rotatable bonds is 7. The zero-order valence-corrected chi connectivity index (χ0v) is 11.0. The van der Waals surface area contributed by atoms with E-state index < -0.39 is 12.1 Å². The lowest BCUT2D eigenvalue weighted by atomic mass is 10.1. The number of carboxylic acid groups (broad SMARTS) is 1. The number of carbonyl (C=O) groups is 2. The molecule has 1 aromatic rings. The van der Waals surface area contributed by atoms with Crippen molar-refractivity contribution in [3.05, 3.63) is 17.0 Å². The molecule has 106 valence electrons. The second kappa shape index (κ2) is 6.89. The van der Waals surface area contributed by atoms with Gasteiger partial charge in [-0.3, -0.25) is 4.79 Å². The summed E-state index contributed by atoms with van der Waals surface area (Å²) < 4.78 is 4.99. The molecule has 1 heterocycles. The number of aliphatic hydroxyl groups is 1. The number of hydrogen-bond donors (Lipinski definition) is 3. The van der Waals surface area contributed by atoms with E-state index in [2.05, 4.69) is 10.5 Å². The Bertz CT molecular complexity index is 435. The minimum Gasteiger partial charge on any atom is -0.479 e. The van der Waals surface area contributed by atoms with Crippen LogP contribution in [-0.4, -0.2) is 39.9 Å². The van der Waals surface area contributed by atoms with Crippen molar-refractivity contribution < 1.29 is 24.3 Å². The molecule has 0 fully saturated rings. The van der Waals surface area contributed by atoms with Crippen LogP contribution in [0.2, 0.25) is 0 Å². The zero-order valence-electron chi connectivity index (χ0n) is 11.0. The average molecular weight is 270 g/mol. The van der Waals surface area contributed by atoms with Crippen LogP contribution in [-0.2, 0) is 16.0 Å². The number of amides is 1. The Hall–Kier alpha value is -1.89. The highest BCUT2D eigenvalue weighted by atomic mass is 16.5. The number of nitrogens with zero attached hydrogens (tertiary/aromatic N) is 1. The fourth-order valence-corrected chi connectivity index (χ4v) is 1.66. The van der Waals surface area contributed by atoms with Crippen LogP contribution in [0.4, 0.5) is 0 Å². The molecule has 0 saturated heterocycles. The Balaban J connectivity index is 2.27. The Morgan fingerprint density at radius 1 is 1.42 bits per heavy atom. The van der Waals surface area contributed by atoms with Gasteiger partial charge in [0.05, 0.1) is 5.69 Å². The minimum atomic E-state index is -1.44. The largest absolute Gasteiger partial charge is 0.479 e. The smallest absolute Gasteiger partial charge is 0.332 e. The van der Waals surface area contributed by atoms with Gasteiger partial charge in [0, 0.05) is 24.9 Å². The quantitative estimate of drug-likeness (QED) is 0.651. The van der Waals surface area contributed by atoms with Crippen LogP contribution in [0.15, 0.2) is 4.52 Å². The zero-order chi connectivity index (χ0) is 14.4. The van der Waals surface area contributed by atoms with Crippen LogP contribution in [0.1, 0.15) is 29.9 Å². The summed E-state index contributed by atoms with van der Waals surface area (Å²) in [6.07, 6.45) is -0.657. The number of aliphatic hydroxyl groups excluding tert-OH is 1. The minimum absolute atomic E-state index is 0.00754. The van der Waals surface area contributed by atoms with E-state index in [0.717, 1.165) is 11.3 Å². The summed E-state index contributed by atoms with van der Waals surface area (Å²) in [6.45, 7) is 3.73. The molecule has 0 radical (unpaired) electrons. The fraction of sp³-hybridized carbons (Fsp3) is 0.583. The highest BCUT2D eigenvalue weighted by molar-refractivity contribution is 5.76. The van der Waals surface area contributed by atoms with Gasteiger partial charge >= 0.3 is 5.97 Å². The van der Waals surface area contributed by atoms with Crippen molar-refractivity contribution in [2.45, 2.75) is 39.2 Å². The first-order valence-corrected chi connectivity index (χ1v) is 6.01. The molecule has 0 aliphatic rings. The molecule has 1 aromatic heterocycles. The number of carboxylic acids is 1. The van der Waals surface area contributed by atoms with Gasteiger partial charge in [-0.25, -0.2) is 4.79 Å². The number of aliphatic carboxylic acids is 1. The molecule has 3 N–H and O–H groups in total. The first kappa shape index (κ1) is 15.2. The third-order valence-corrected chi connectivity index (χ3v) is 2.81. The predicted molar refractivity (Wildman–Crippen MR) is 65.6 cm³/mol. The highest BCUT2D eigenvalue weighted by Crippen LogP contribution is 2.14. The van der Waals surface area contributed by atoms with E-state index in [0.29, 0.717) is 12.2 Å². The van der Waals surface area contributed by atoms with Gasteiger partial charge in [-0.1, -0.05) is 5.16 Å². The maximum Gasteiger partial charge on any atom is 0.332 e. The molecule has 1 amide bonds. The molecule has 0 bridgehead atoms. The van der Waals surface area contributed by atoms with Crippen LogP contribution in [0.25, 0.3) is 0 Å². The van der Waals surface area contributed by atoms with Crippen molar-refractivity contribution in [3.8, 4) is 0 Å². The van der Waals surface area contributed by atoms with Crippen LogP contribution in [0.3, 0.4) is 0 Å². The number of aromatic nitrogens is 1. The van der Waals surface area contributed by atoms with Crippen molar-refractivity contribution in [2.24, 2.45) is 0 Å². The summed E-state index contributed by atoms with van der Waals surface area (Å²) >= 11 is 0. The van der Waals surface area contributed by atoms with E-state index in [-0.39, 0.29) is 25.3 Å². The van der Waals surface area contributed by atoms with E-state index >= 15 is 0 Å². The molecular weight excluding hydrogens is 252 g/mol. The van der Waals surface area contributed by atoms with Crippen molar-refractivity contribution in [2.75, 3.05) is 6.54 Å². The van der Waals surface area contributed by atoms with Crippen LogP contribution >= 0.6 is 0 Å². The van der Waals surface area contributed by atoms with Gasteiger partial charge in [0.1, 0.15) is 5.76 Å². The number of aryl methyl sites for hydroxylation is 2. The van der Waals surface area contributed by atoms with Crippen LogP contribution < -0.4 is 5.32 Å². The van der Waals surface area contributed by atoms with Crippen molar-refractivity contribution in [3.63, 3.8) is 0 Å². The summed E-state index contributed by atoms with van der Waals surface area (Å²) in [5, 5.41) is 23.8. The molecule has 7 nitrogen and oxygen atoms in total. The second-order valence-electron chi connectivity index (χ2n) is 4.30. The van der Waals surface area contributed by atoms with Gasteiger partial charge in [-0.2, -0.15) is 0 Å². The number of hydrogen-bond acceptors (Lipinski definition) is 5. The first-order valence-electron chi connectivity index (χ1n) is 6.01. The van der Waals surface area contributed by atoms with Crippen molar-refractivity contribution in [1.29, 1.82) is 0 Å². The normalized spacial score (nSPS) is 12.2. The molecule has 0 aliphatic heterocycles. The summed E-state index contributed by atoms with van der Waals surface area (Å²) in [5.41, 5.74) is 1.69. The molecule has 1 atom stereocenters. The molecule has 1 rings (SSSR count). The molecule has 0 unspecified atom stereocenters. The lowest BCUT2D eigenvalue weighted by Gasteiger charge is -2.07. The SMILES string of the molecule is Cc1noc(C)c1CCC(=O)NCC[C@H](O)C(=O)O.